The van der Waals surface area contributed by atoms with Crippen molar-refractivity contribution in [2.24, 2.45) is 0 Å². The standard InChI is InChI=1S/C12H16N3O3/c1-16-10-7-9(15-3-5-18-6-4-15)8-11(17-2)12(10)14-13/h7-8H,3-6H2,1-2H3/q+1. The summed E-state index contributed by atoms with van der Waals surface area (Å²) in [5.74, 6) is 0.969. The van der Waals surface area contributed by atoms with Crippen molar-refractivity contribution in [3.8, 4) is 11.5 Å². The van der Waals surface area contributed by atoms with Crippen LogP contribution in [0.2, 0.25) is 0 Å². The van der Waals surface area contributed by atoms with E-state index in [1.165, 1.54) is 14.2 Å². The van der Waals surface area contributed by atoms with Gasteiger partial charge in [-0.3, -0.25) is 0 Å². The minimum atomic E-state index is 0.303. The highest BCUT2D eigenvalue weighted by Gasteiger charge is 2.25. The highest BCUT2D eigenvalue weighted by Crippen LogP contribution is 2.41. The number of ether oxygens (including phenoxy) is 3. The zero-order valence-corrected chi connectivity index (χ0v) is 10.5. The molecule has 0 saturated carbocycles. The molecule has 1 saturated heterocycles. The Bertz CT molecular complexity index is 439. The van der Waals surface area contributed by atoms with E-state index in [2.05, 4.69) is 9.88 Å². The summed E-state index contributed by atoms with van der Waals surface area (Å²) < 4.78 is 15.8. The minimum Gasteiger partial charge on any atom is -0.489 e. The third kappa shape index (κ3) is 2.31. The van der Waals surface area contributed by atoms with Crippen molar-refractivity contribution >= 4 is 11.4 Å². The van der Waals surface area contributed by atoms with E-state index in [0.717, 1.165) is 18.8 Å². The first kappa shape index (κ1) is 12.5. The van der Waals surface area contributed by atoms with E-state index in [9.17, 15) is 0 Å². The third-order valence-electron chi connectivity index (χ3n) is 2.94. The Balaban J connectivity index is 2.39. The monoisotopic (exact) mass is 250 g/mol. The maximum Gasteiger partial charge on any atom is 0.467 e. The van der Waals surface area contributed by atoms with Crippen LogP contribution in [-0.4, -0.2) is 40.5 Å². The van der Waals surface area contributed by atoms with Crippen molar-refractivity contribution < 1.29 is 14.2 Å². The largest absolute Gasteiger partial charge is 0.489 e. The molecule has 96 valence electrons. The molecule has 0 aliphatic carbocycles. The lowest BCUT2D eigenvalue weighted by Crippen LogP contribution is -2.36. The van der Waals surface area contributed by atoms with Crippen LogP contribution in [0.3, 0.4) is 0 Å². The molecule has 0 N–H and O–H groups in total. The summed E-state index contributed by atoms with van der Waals surface area (Å²) in [6.45, 7) is 3.05. The number of diazo groups is 1. The van der Waals surface area contributed by atoms with Gasteiger partial charge in [-0.1, -0.05) is 0 Å². The van der Waals surface area contributed by atoms with Crippen LogP contribution < -0.4 is 14.4 Å². The van der Waals surface area contributed by atoms with E-state index in [-0.39, 0.29) is 0 Å². The Hall–Kier alpha value is -2.00. The summed E-state index contributed by atoms with van der Waals surface area (Å²) in [6.07, 6.45) is 0. The van der Waals surface area contributed by atoms with Crippen LogP contribution in [0.25, 0.3) is 4.98 Å². The summed E-state index contributed by atoms with van der Waals surface area (Å²) >= 11 is 0. The predicted octanol–water partition coefficient (Wildman–Crippen LogP) is 2.02. The second-order valence-corrected chi connectivity index (χ2v) is 3.90. The normalized spacial score (nSPS) is 15.1. The van der Waals surface area contributed by atoms with Gasteiger partial charge in [0.2, 0.25) is 16.9 Å². The van der Waals surface area contributed by atoms with Crippen molar-refractivity contribution in [1.29, 1.82) is 5.39 Å². The number of nitrogens with zero attached hydrogens (tertiary/aromatic N) is 3. The Morgan fingerprint density at radius 1 is 1.17 bits per heavy atom. The van der Waals surface area contributed by atoms with Gasteiger partial charge in [0, 0.05) is 30.9 Å². The molecule has 0 bridgehead atoms. The topological polar surface area (TPSA) is 59.1 Å². The Labute approximate surface area is 106 Å². The zero-order valence-electron chi connectivity index (χ0n) is 10.5. The molecule has 0 radical (unpaired) electrons. The number of hydrogen-bond donors (Lipinski definition) is 0. The number of hydrogen-bond acceptors (Lipinski definition) is 5. The van der Waals surface area contributed by atoms with Crippen LogP contribution in [-0.2, 0) is 4.74 Å². The van der Waals surface area contributed by atoms with E-state index >= 15 is 0 Å². The lowest BCUT2D eigenvalue weighted by atomic mass is 10.2. The zero-order chi connectivity index (χ0) is 13.0. The average molecular weight is 250 g/mol. The van der Waals surface area contributed by atoms with Crippen LogP contribution in [0, 0.1) is 5.39 Å². The van der Waals surface area contributed by atoms with Crippen LogP contribution in [0.15, 0.2) is 12.1 Å². The second kappa shape index (κ2) is 5.56. The number of anilines is 1. The molecule has 6 heteroatoms. The Kier molecular flexibility index (Phi) is 3.85. The molecule has 2 rings (SSSR count). The van der Waals surface area contributed by atoms with Crippen molar-refractivity contribution in [1.82, 2.24) is 0 Å². The molecule has 1 heterocycles. The van der Waals surface area contributed by atoms with Gasteiger partial charge in [-0.2, -0.15) is 0 Å². The first-order valence-electron chi connectivity index (χ1n) is 5.74. The van der Waals surface area contributed by atoms with Crippen LogP contribution >= 0.6 is 0 Å². The molecule has 1 aromatic carbocycles. The predicted molar refractivity (Wildman–Crippen MR) is 67.3 cm³/mol. The molecule has 1 aliphatic rings. The second-order valence-electron chi connectivity index (χ2n) is 3.90. The highest BCUT2D eigenvalue weighted by atomic mass is 16.5. The maximum atomic E-state index is 8.99. The quantitative estimate of drug-likeness (QED) is 0.768. The van der Waals surface area contributed by atoms with Crippen molar-refractivity contribution in [2.45, 2.75) is 0 Å². The third-order valence-corrected chi connectivity index (χ3v) is 2.94. The van der Waals surface area contributed by atoms with E-state index < -0.39 is 0 Å². The fourth-order valence-corrected chi connectivity index (χ4v) is 1.98. The van der Waals surface area contributed by atoms with Gasteiger partial charge in [0.05, 0.1) is 27.4 Å². The van der Waals surface area contributed by atoms with Gasteiger partial charge < -0.3 is 19.1 Å². The molecule has 0 amide bonds. The summed E-state index contributed by atoms with van der Waals surface area (Å²) in [7, 11) is 3.07. The molecule has 1 aliphatic heterocycles. The van der Waals surface area contributed by atoms with Gasteiger partial charge in [-0.15, -0.1) is 0 Å². The van der Waals surface area contributed by atoms with Crippen LogP contribution in [0.5, 0.6) is 11.5 Å². The molecule has 0 unspecified atom stereocenters. The molecule has 0 aromatic heterocycles. The molecule has 6 nitrogen and oxygen atoms in total. The fraction of sp³-hybridized carbons (Fsp3) is 0.500. The number of morpholine rings is 1. The van der Waals surface area contributed by atoms with Crippen molar-refractivity contribution in [2.75, 3.05) is 45.4 Å². The molecular weight excluding hydrogens is 234 g/mol. The number of methoxy groups -OCH3 is 2. The van der Waals surface area contributed by atoms with Crippen LogP contribution in [0.1, 0.15) is 0 Å². The van der Waals surface area contributed by atoms with Crippen LogP contribution in [0.4, 0.5) is 11.4 Å². The number of rotatable bonds is 3. The van der Waals surface area contributed by atoms with Crippen molar-refractivity contribution in [3.63, 3.8) is 0 Å². The van der Waals surface area contributed by atoms with Gasteiger partial charge in [0.1, 0.15) is 0 Å². The van der Waals surface area contributed by atoms with Crippen molar-refractivity contribution in [3.05, 3.63) is 17.1 Å². The molecule has 0 spiro atoms. The fourth-order valence-electron chi connectivity index (χ4n) is 1.98. The first-order valence-corrected chi connectivity index (χ1v) is 5.74. The first-order chi connectivity index (χ1) is 8.80. The lowest BCUT2D eigenvalue weighted by Gasteiger charge is -2.29. The van der Waals surface area contributed by atoms with E-state index in [1.54, 1.807) is 0 Å². The summed E-state index contributed by atoms with van der Waals surface area (Å²) in [4.78, 5) is 5.38. The molecule has 0 atom stereocenters. The van der Waals surface area contributed by atoms with E-state index in [4.69, 9.17) is 19.6 Å². The highest BCUT2D eigenvalue weighted by molar-refractivity contribution is 5.73. The SMILES string of the molecule is COc1cc(N2CCOCC2)cc(OC)c1[N+]#N. The Morgan fingerprint density at radius 2 is 1.72 bits per heavy atom. The lowest BCUT2D eigenvalue weighted by molar-refractivity contribution is 0.122. The van der Waals surface area contributed by atoms with E-state index in [1.807, 2.05) is 12.1 Å². The molecule has 1 fully saturated rings. The minimum absolute atomic E-state index is 0.303. The smallest absolute Gasteiger partial charge is 0.467 e. The van der Waals surface area contributed by atoms with Gasteiger partial charge in [0.15, 0.2) is 4.98 Å². The molecular formula is C12H16N3O3+. The summed E-state index contributed by atoms with van der Waals surface area (Å²) in [5, 5.41) is 8.99. The van der Waals surface area contributed by atoms with E-state index in [0.29, 0.717) is 30.4 Å². The van der Waals surface area contributed by atoms with Gasteiger partial charge in [-0.25, -0.2) is 0 Å². The number of benzene rings is 1. The molecule has 18 heavy (non-hydrogen) atoms. The maximum absolute atomic E-state index is 8.99. The average Bonchev–Trinajstić information content (AvgIpc) is 2.46. The summed E-state index contributed by atoms with van der Waals surface area (Å²) in [6, 6.07) is 3.67. The van der Waals surface area contributed by atoms with Gasteiger partial charge in [-0.05, 0) is 0 Å². The summed E-state index contributed by atoms with van der Waals surface area (Å²) in [5.41, 5.74) is 1.27. The molecule has 1 aromatic rings. The van der Waals surface area contributed by atoms with Gasteiger partial charge in [0.25, 0.3) is 0 Å². The Morgan fingerprint density at radius 3 is 2.17 bits per heavy atom. The van der Waals surface area contributed by atoms with Gasteiger partial charge >= 0.3 is 5.69 Å².